The Kier molecular flexibility index (Phi) is 4.04. The number of aliphatic hydroxyl groups excluding tert-OH is 2. The number of hydrogen-bond acceptors (Lipinski definition) is 6. The van der Waals surface area contributed by atoms with E-state index in [-0.39, 0.29) is 11.5 Å². The Bertz CT molecular complexity index is 430. The summed E-state index contributed by atoms with van der Waals surface area (Å²) in [4.78, 5) is 12.4. The van der Waals surface area contributed by atoms with Crippen molar-refractivity contribution in [3.8, 4) is 0 Å². The zero-order valence-corrected chi connectivity index (χ0v) is 14.5. The number of epoxide rings is 1. The molecule has 2 rings (SSSR count). The van der Waals surface area contributed by atoms with Crippen molar-refractivity contribution in [2.75, 3.05) is 7.11 Å². The van der Waals surface area contributed by atoms with E-state index in [4.69, 9.17) is 13.9 Å². The molecule has 21 heavy (non-hydrogen) atoms. The summed E-state index contributed by atoms with van der Waals surface area (Å²) >= 11 is 0. The number of fused-ring (bicyclic) bond motifs is 1. The third-order valence-corrected chi connectivity index (χ3v) is 9.49. The van der Waals surface area contributed by atoms with E-state index in [0.29, 0.717) is 0 Å². The van der Waals surface area contributed by atoms with Gasteiger partial charge in [0.1, 0.15) is 18.3 Å². The average Bonchev–Trinajstić information content (AvgIpc) is 3.13. The highest BCUT2D eigenvalue weighted by Crippen LogP contribution is 2.50. The van der Waals surface area contributed by atoms with Gasteiger partial charge in [0.2, 0.25) is 0 Å². The molecule has 7 heteroatoms. The predicted molar refractivity (Wildman–Crippen MR) is 78.3 cm³/mol. The zero-order chi connectivity index (χ0) is 16.2. The van der Waals surface area contributed by atoms with Gasteiger partial charge in [0.05, 0.1) is 13.2 Å². The Morgan fingerprint density at radius 3 is 2.38 bits per heavy atom. The first-order chi connectivity index (χ1) is 9.46. The topological polar surface area (TPSA) is 88.5 Å². The molecule has 2 fully saturated rings. The molecule has 1 saturated heterocycles. The van der Waals surface area contributed by atoms with E-state index < -0.39 is 44.3 Å². The number of ether oxygens (including phenoxy) is 2. The second-order valence-corrected chi connectivity index (χ2v) is 12.3. The second-order valence-electron chi connectivity index (χ2n) is 7.53. The maximum Gasteiger partial charge on any atom is 0.339 e. The fourth-order valence-electron chi connectivity index (χ4n) is 2.65. The van der Waals surface area contributed by atoms with Gasteiger partial charge in [0, 0.05) is 6.42 Å². The molecule has 2 aliphatic rings. The molecule has 0 radical (unpaired) electrons. The van der Waals surface area contributed by atoms with Crippen LogP contribution < -0.4 is 0 Å². The molecule has 1 saturated carbocycles. The SMILES string of the molecule is COC(=O)[C@@]1(O[Si](C)(C)C(C)(C)C)C[C@@H](O)[C@H](O)[C@H]2O[C@H]21. The number of methoxy groups -OCH3 is 1. The monoisotopic (exact) mass is 318 g/mol. The highest BCUT2D eigenvalue weighted by Gasteiger charge is 2.70. The van der Waals surface area contributed by atoms with Crippen molar-refractivity contribution in [1.82, 2.24) is 0 Å². The molecular formula is C14H26O6Si. The van der Waals surface area contributed by atoms with Crippen molar-refractivity contribution in [2.24, 2.45) is 0 Å². The molecule has 0 aromatic heterocycles. The van der Waals surface area contributed by atoms with Crippen molar-refractivity contribution in [3.05, 3.63) is 0 Å². The lowest BCUT2D eigenvalue weighted by Gasteiger charge is -2.45. The van der Waals surface area contributed by atoms with Crippen LogP contribution in [0.2, 0.25) is 18.1 Å². The fraction of sp³-hybridized carbons (Fsp3) is 0.929. The lowest BCUT2D eigenvalue weighted by molar-refractivity contribution is -0.169. The van der Waals surface area contributed by atoms with Crippen LogP contribution in [-0.2, 0) is 18.7 Å². The van der Waals surface area contributed by atoms with Gasteiger partial charge in [-0.3, -0.25) is 0 Å². The lowest BCUT2D eigenvalue weighted by atomic mass is 9.81. The van der Waals surface area contributed by atoms with Gasteiger partial charge < -0.3 is 24.1 Å². The standard InChI is InChI=1S/C14H26O6Si/c1-13(2,3)21(5,6)20-14(12(17)18-4)7-8(15)9(16)10-11(14)19-10/h8-11,15-16H,7H2,1-6H3/t8-,9+,10-,11-,14-/m1/s1. The average molecular weight is 318 g/mol. The Morgan fingerprint density at radius 2 is 1.90 bits per heavy atom. The number of aliphatic hydroxyl groups is 2. The van der Waals surface area contributed by atoms with Crippen LogP contribution in [0.4, 0.5) is 0 Å². The van der Waals surface area contributed by atoms with E-state index in [0.717, 1.165) is 0 Å². The fourth-order valence-corrected chi connectivity index (χ4v) is 4.15. The van der Waals surface area contributed by atoms with Crippen LogP contribution in [0.3, 0.4) is 0 Å². The molecule has 0 spiro atoms. The molecule has 6 nitrogen and oxygen atoms in total. The normalized spacial score (nSPS) is 39.6. The van der Waals surface area contributed by atoms with Crippen LogP contribution in [0.15, 0.2) is 0 Å². The molecule has 1 heterocycles. The Hall–Kier alpha value is -0.473. The second kappa shape index (κ2) is 5.02. The molecule has 0 aromatic rings. The molecule has 1 aliphatic carbocycles. The van der Waals surface area contributed by atoms with Crippen LogP contribution in [0.1, 0.15) is 27.2 Å². The quantitative estimate of drug-likeness (QED) is 0.455. The first-order valence-corrected chi connectivity index (χ1v) is 10.2. The minimum atomic E-state index is -2.28. The summed E-state index contributed by atoms with van der Waals surface area (Å²) in [6.45, 7) is 10.3. The highest BCUT2D eigenvalue weighted by molar-refractivity contribution is 6.74. The molecule has 2 N–H and O–H groups in total. The van der Waals surface area contributed by atoms with E-state index in [9.17, 15) is 15.0 Å². The van der Waals surface area contributed by atoms with E-state index >= 15 is 0 Å². The third-order valence-electron chi connectivity index (χ3n) is 5.00. The lowest BCUT2D eigenvalue weighted by Crippen LogP contribution is -2.62. The summed E-state index contributed by atoms with van der Waals surface area (Å²) in [5.41, 5.74) is -1.32. The summed E-state index contributed by atoms with van der Waals surface area (Å²) < 4.78 is 16.7. The summed E-state index contributed by atoms with van der Waals surface area (Å²) in [6, 6.07) is 0. The smallest absolute Gasteiger partial charge is 0.339 e. The molecule has 0 aromatic carbocycles. The summed E-state index contributed by atoms with van der Waals surface area (Å²) in [6.07, 6.45) is -3.14. The minimum absolute atomic E-state index is 0.00544. The molecule has 0 unspecified atom stereocenters. The maximum atomic E-state index is 12.4. The van der Waals surface area contributed by atoms with Crippen LogP contribution in [0.25, 0.3) is 0 Å². The Balaban J connectivity index is 2.35. The number of hydrogen-bond donors (Lipinski definition) is 2. The van der Waals surface area contributed by atoms with Gasteiger partial charge in [-0.1, -0.05) is 20.8 Å². The third kappa shape index (κ3) is 2.66. The summed E-state index contributed by atoms with van der Waals surface area (Å²) in [5.74, 6) is -0.536. The van der Waals surface area contributed by atoms with Gasteiger partial charge in [-0.2, -0.15) is 0 Å². The molecular weight excluding hydrogens is 292 g/mol. The highest BCUT2D eigenvalue weighted by atomic mass is 28.4. The van der Waals surface area contributed by atoms with Crippen molar-refractivity contribution in [2.45, 2.75) is 75.3 Å². The Morgan fingerprint density at radius 1 is 1.33 bits per heavy atom. The molecule has 5 atom stereocenters. The van der Waals surface area contributed by atoms with Gasteiger partial charge in [-0.15, -0.1) is 0 Å². The molecule has 0 amide bonds. The van der Waals surface area contributed by atoms with Crippen molar-refractivity contribution < 1.29 is 28.9 Å². The van der Waals surface area contributed by atoms with Gasteiger partial charge in [0.25, 0.3) is 0 Å². The summed E-state index contributed by atoms with van der Waals surface area (Å²) in [7, 11) is -0.985. The van der Waals surface area contributed by atoms with Gasteiger partial charge in [-0.05, 0) is 18.1 Å². The van der Waals surface area contributed by atoms with Crippen LogP contribution in [-0.4, -0.2) is 61.6 Å². The van der Waals surface area contributed by atoms with Crippen molar-refractivity contribution in [1.29, 1.82) is 0 Å². The van der Waals surface area contributed by atoms with Crippen LogP contribution in [0, 0.1) is 0 Å². The van der Waals surface area contributed by atoms with Gasteiger partial charge in [-0.25, -0.2) is 4.79 Å². The van der Waals surface area contributed by atoms with Gasteiger partial charge in [0.15, 0.2) is 13.9 Å². The molecule has 122 valence electrons. The van der Waals surface area contributed by atoms with Gasteiger partial charge >= 0.3 is 5.97 Å². The number of carbonyl (C=O) groups excluding carboxylic acids is 1. The van der Waals surface area contributed by atoms with Crippen LogP contribution in [0.5, 0.6) is 0 Å². The van der Waals surface area contributed by atoms with E-state index in [1.54, 1.807) is 0 Å². The number of esters is 1. The number of carbonyl (C=O) groups is 1. The maximum absolute atomic E-state index is 12.4. The molecule has 1 aliphatic heterocycles. The minimum Gasteiger partial charge on any atom is -0.467 e. The van der Waals surface area contributed by atoms with E-state index in [1.165, 1.54) is 7.11 Å². The first-order valence-electron chi connectivity index (χ1n) is 7.26. The van der Waals surface area contributed by atoms with E-state index in [2.05, 4.69) is 20.8 Å². The largest absolute Gasteiger partial charge is 0.467 e. The van der Waals surface area contributed by atoms with Crippen molar-refractivity contribution >= 4 is 14.3 Å². The first kappa shape index (κ1) is 16.9. The Labute approximate surface area is 126 Å². The van der Waals surface area contributed by atoms with Crippen LogP contribution >= 0.6 is 0 Å². The summed E-state index contributed by atoms with van der Waals surface area (Å²) in [5, 5.41) is 19.8. The predicted octanol–water partition coefficient (Wildman–Crippen LogP) is 0.813. The number of rotatable bonds is 3. The molecule has 0 bridgehead atoms. The van der Waals surface area contributed by atoms with E-state index in [1.807, 2.05) is 13.1 Å². The zero-order valence-electron chi connectivity index (χ0n) is 13.5. The van der Waals surface area contributed by atoms with Crippen molar-refractivity contribution in [3.63, 3.8) is 0 Å².